The molecule has 0 saturated carbocycles. The second kappa shape index (κ2) is 6.39. The molecule has 2 heterocycles. The quantitative estimate of drug-likeness (QED) is 0.857. The highest BCUT2D eigenvalue weighted by atomic mass is 19.1. The number of carbonyl (C=O) groups excluding carboxylic acids is 1. The summed E-state index contributed by atoms with van der Waals surface area (Å²) in [5, 5.41) is 2.66. The molecule has 0 bridgehead atoms. The Kier molecular flexibility index (Phi) is 3.93. The lowest BCUT2D eigenvalue weighted by atomic mass is 10.1. The molecule has 6 heteroatoms. The Bertz CT molecular complexity index is 905. The third kappa shape index (κ3) is 3.24. The minimum Gasteiger partial charge on any atom is -0.490 e. The maximum Gasteiger partial charge on any atom is 0.275 e. The van der Waals surface area contributed by atoms with Gasteiger partial charge in [-0.15, -0.1) is 0 Å². The van der Waals surface area contributed by atoms with E-state index in [2.05, 4.69) is 10.3 Å². The summed E-state index contributed by atoms with van der Waals surface area (Å²) in [5.74, 6) is 0.977. The van der Waals surface area contributed by atoms with Gasteiger partial charge in [0.2, 0.25) is 0 Å². The van der Waals surface area contributed by atoms with Gasteiger partial charge >= 0.3 is 0 Å². The molecule has 1 N–H and O–H groups in total. The number of ether oxygens (including phenoxy) is 2. The van der Waals surface area contributed by atoms with Gasteiger partial charge in [0, 0.05) is 12.0 Å². The highest BCUT2D eigenvalue weighted by Gasteiger charge is 2.21. The van der Waals surface area contributed by atoms with E-state index in [4.69, 9.17) is 9.47 Å². The molecule has 1 amide bonds. The van der Waals surface area contributed by atoms with Crippen LogP contribution in [0.5, 0.6) is 11.5 Å². The normalized spacial score (nSPS) is 17.9. The van der Waals surface area contributed by atoms with Gasteiger partial charge in [-0.05, 0) is 35.9 Å². The molecule has 0 spiro atoms. The van der Waals surface area contributed by atoms with Crippen LogP contribution in [0.2, 0.25) is 0 Å². The van der Waals surface area contributed by atoms with E-state index in [1.165, 1.54) is 12.1 Å². The largest absolute Gasteiger partial charge is 0.490 e. The summed E-state index contributed by atoms with van der Waals surface area (Å²) in [4.78, 5) is 16.4. The average molecular weight is 338 g/mol. The molecule has 0 aromatic heterocycles. The van der Waals surface area contributed by atoms with Crippen LogP contribution < -0.4 is 14.8 Å². The Morgan fingerprint density at radius 3 is 2.76 bits per heavy atom. The second-order valence-electron chi connectivity index (χ2n) is 5.71. The van der Waals surface area contributed by atoms with Gasteiger partial charge < -0.3 is 14.8 Å². The van der Waals surface area contributed by atoms with Gasteiger partial charge in [-0.2, -0.15) is 0 Å². The molecule has 2 aliphatic heterocycles. The third-order valence-corrected chi connectivity index (χ3v) is 3.87. The highest BCUT2D eigenvalue weighted by Crippen LogP contribution is 2.31. The highest BCUT2D eigenvalue weighted by molar-refractivity contribution is 6.19. The molecule has 0 saturated heterocycles. The molecule has 2 aromatic carbocycles. The van der Waals surface area contributed by atoms with Crippen molar-refractivity contribution in [3.63, 3.8) is 0 Å². The van der Waals surface area contributed by atoms with Crippen molar-refractivity contribution in [2.24, 2.45) is 4.99 Å². The fourth-order valence-corrected chi connectivity index (χ4v) is 2.67. The lowest BCUT2D eigenvalue weighted by molar-refractivity contribution is -0.115. The monoisotopic (exact) mass is 338 g/mol. The SMILES string of the molecule is O=C1NC(c2cccc(F)c2)=N/C1=C/c1ccc2c(c1)OCCCO2. The molecule has 0 fully saturated rings. The van der Waals surface area contributed by atoms with Crippen LogP contribution >= 0.6 is 0 Å². The fraction of sp³-hybridized carbons (Fsp3) is 0.158. The number of aliphatic imine (C=N–C) groups is 1. The van der Waals surface area contributed by atoms with Crippen molar-refractivity contribution in [2.75, 3.05) is 13.2 Å². The maximum absolute atomic E-state index is 13.3. The zero-order chi connectivity index (χ0) is 17.2. The summed E-state index contributed by atoms with van der Waals surface area (Å²) in [6.45, 7) is 1.21. The second-order valence-corrected chi connectivity index (χ2v) is 5.71. The van der Waals surface area contributed by atoms with Crippen molar-refractivity contribution in [2.45, 2.75) is 6.42 Å². The van der Waals surface area contributed by atoms with E-state index in [9.17, 15) is 9.18 Å². The van der Waals surface area contributed by atoms with E-state index in [1.54, 1.807) is 18.2 Å². The lowest BCUT2D eigenvalue weighted by Crippen LogP contribution is -2.24. The first kappa shape index (κ1) is 15.4. The number of nitrogens with zero attached hydrogens (tertiary/aromatic N) is 1. The molecule has 5 nitrogen and oxygen atoms in total. The number of amides is 1. The van der Waals surface area contributed by atoms with E-state index in [0.717, 1.165) is 12.0 Å². The lowest BCUT2D eigenvalue weighted by Gasteiger charge is -2.07. The van der Waals surface area contributed by atoms with E-state index in [1.807, 2.05) is 18.2 Å². The van der Waals surface area contributed by atoms with Crippen LogP contribution in [0.25, 0.3) is 6.08 Å². The zero-order valence-corrected chi connectivity index (χ0v) is 13.3. The Morgan fingerprint density at radius 2 is 1.92 bits per heavy atom. The number of nitrogens with one attached hydrogen (secondary N) is 1. The van der Waals surface area contributed by atoms with Gasteiger partial charge in [-0.25, -0.2) is 9.38 Å². The summed E-state index contributed by atoms with van der Waals surface area (Å²) < 4.78 is 24.6. The van der Waals surface area contributed by atoms with Crippen LogP contribution in [-0.2, 0) is 4.79 Å². The molecular formula is C19H15FN2O3. The van der Waals surface area contributed by atoms with Crippen LogP contribution in [0.3, 0.4) is 0 Å². The minimum atomic E-state index is -0.380. The minimum absolute atomic E-state index is 0.258. The van der Waals surface area contributed by atoms with Crippen LogP contribution in [-0.4, -0.2) is 25.0 Å². The first-order chi connectivity index (χ1) is 12.2. The third-order valence-electron chi connectivity index (χ3n) is 3.87. The van der Waals surface area contributed by atoms with Crippen molar-refractivity contribution in [3.05, 3.63) is 65.1 Å². The van der Waals surface area contributed by atoms with Crippen LogP contribution in [0.15, 0.2) is 53.2 Å². The fourth-order valence-electron chi connectivity index (χ4n) is 2.67. The van der Waals surface area contributed by atoms with Gasteiger partial charge in [0.15, 0.2) is 11.5 Å². The molecule has 2 aliphatic rings. The van der Waals surface area contributed by atoms with Crippen LogP contribution in [0.1, 0.15) is 17.5 Å². The number of hydrogen-bond donors (Lipinski definition) is 1. The molecule has 0 aliphatic carbocycles. The van der Waals surface area contributed by atoms with Crippen molar-refractivity contribution in [3.8, 4) is 11.5 Å². The summed E-state index contributed by atoms with van der Waals surface area (Å²) >= 11 is 0. The number of carbonyl (C=O) groups is 1. The topological polar surface area (TPSA) is 59.9 Å². The van der Waals surface area contributed by atoms with Crippen molar-refractivity contribution < 1.29 is 18.7 Å². The van der Waals surface area contributed by atoms with E-state index in [0.29, 0.717) is 36.1 Å². The summed E-state index contributed by atoms with van der Waals surface area (Å²) in [6.07, 6.45) is 2.49. The van der Waals surface area contributed by atoms with E-state index in [-0.39, 0.29) is 17.4 Å². The maximum atomic E-state index is 13.3. The summed E-state index contributed by atoms with van der Waals surface area (Å²) in [7, 11) is 0. The molecular weight excluding hydrogens is 323 g/mol. The van der Waals surface area contributed by atoms with Crippen LogP contribution in [0, 0.1) is 5.82 Å². The van der Waals surface area contributed by atoms with Gasteiger partial charge in [-0.1, -0.05) is 18.2 Å². The first-order valence-electron chi connectivity index (χ1n) is 7.96. The number of fused-ring (bicyclic) bond motifs is 1. The van der Waals surface area contributed by atoms with Crippen LogP contribution in [0.4, 0.5) is 4.39 Å². The molecule has 25 heavy (non-hydrogen) atoms. The van der Waals surface area contributed by atoms with Gasteiger partial charge in [-0.3, -0.25) is 4.79 Å². The van der Waals surface area contributed by atoms with Gasteiger partial charge in [0.05, 0.1) is 13.2 Å². The number of benzene rings is 2. The number of amidine groups is 1. The standard InChI is InChI=1S/C19H15FN2O3/c20-14-4-1-3-13(11-14)18-21-15(19(23)22-18)9-12-5-6-16-17(10-12)25-8-2-7-24-16/h1,3-6,9-11H,2,7-8H2,(H,21,22,23)/b15-9+. The van der Waals surface area contributed by atoms with Gasteiger partial charge in [0.25, 0.3) is 5.91 Å². The Labute approximate surface area is 143 Å². The zero-order valence-electron chi connectivity index (χ0n) is 13.3. The number of rotatable bonds is 2. The molecule has 0 radical (unpaired) electrons. The van der Waals surface area contributed by atoms with Gasteiger partial charge in [0.1, 0.15) is 17.3 Å². The molecule has 4 rings (SSSR count). The van der Waals surface area contributed by atoms with Crippen molar-refractivity contribution in [1.82, 2.24) is 5.32 Å². The molecule has 126 valence electrons. The first-order valence-corrected chi connectivity index (χ1v) is 7.96. The molecule has 0 unspecified atom stereocenters. The molecule has 0 atom stereocenters. The Morgan fingerprint density at radius 1 is 1.08 bits per heavy atom. The predicted octanol–water partition coefficient (Wildman–Crippen LogP) is 2.90. The summed E-state index contributed by atoms with van der Waals surface area (Å²) in [6, 6.07) is 11.4. The average Bonchev–Trinajstić information content (AvgIpc) is 2.82. The van der Waals surface area contributed by atoms with Crippen molar-refractivity contribution >= 4 is 17.8 Å². The summed E-state index contributed by atoms with van der Waals surface area (Å²) in [5.41, 5.74) is 1.56. The predicted molar refractivity (Wildman–Crippen MR) is 91.1 cm³/mol. The number of hydrogen-bond acceptors (Lipinski definition) is 4. The van der Waals surface area contributed by atoms with Crippen molar-refractivity contribution in [1.29, 1.82) is 0 Å². The van der Waals surface area contributed by atoms with E-state index >= 15 is 0 Å². The molecule has 2 aromatic rings. The Balaban J connectivity index is 1.65. The van der Waals surface area contributed by atoms with E-state index < -0.39 is 0 Å². The smallest absolute Gasteiger partial charge is 0.275 e. The Hall–Kier alpha value is -3.15. The number of halogens is 1.